The SMILES string of the molecule is CN=C(NCCc1cccc(C(=O)NC)c1)NC1CC(C)(C)Oc2ccccc21. The van der Waals surface area contributed by atoms with Crippen molar-refractivity contribution < 1.29 is 9.53 Å². The molecule has 3 N–H and O–H groups in total. The van der Waals surface area contributed by atoms with Crippen molar-refractivity contribution in [1.82, 2.24) is 16.0 Å². The molecule has 0 spiro atoms. The third-order valence-corrected chi connectivity index (χ3v) is 5.03. The molecule has 1 aliphatic heterocycles. The maximum Gasteiger partial charge on any atom is 0.251 e. The predicted octanol–water partition coefficient (Wildman–Crippen LogP) is 3.06. The molecule has 0 saturated heterocycles. The number of ether oxygens (including phenoxy) is 1. The lowest BCUT2D eigenvalue weighted by atomic mass is 9.90. The lowest BCUT2D eigenvalue weighted by Gasteiger charge is -2.38. The minimum atomic E-state index is -0.245. The number of hydrogen-bond acceptors (Lipinski definition) is 3. The van der Waals surface area contributed by atoms with Gasteiger partial charge in [0.05, 0.1) is 6.04 Å². The van der Waals surface area contributed by atoms with Crippen LogP contribution in [0.15, 0.2) is 53.5 Å². The van der Waals surface area contributed by atoms with Gasteiger partial charge in [-0.05, 0) is 44.0 Å². The molecule has 154 valence electrons. The highest BCUT2D eigenvalue weighted by molar-refractivity contribution is 5.94. The van der Waals surface area contributed by atoms with Crippen molar-refractivity contribution in [2.45, 2.75) is 38.3 Å². The van der Waals surface area contributed by atoms with Gasteiger partial charge in [-0.15, -0.1) is 0 Å². The number of rotatable bonds is 5. The maximum absolute atomic E-state index is 11.8. The first-order valence-electron chi connectivity index (χ1n) is 9.98. The van der Waals surface area contributed by atoms with Crippen LogP contribution in [0.3, 0.4) is 0 Å². The van der Waals surface area contributed by atoms with Gasteiger partial charge in [0, 0.05) is 38.2 Å². The van der Waals surface area contributed by atoms with Crippen LogP contribution in [-0.4, -0.2) is 38.1 Å². The maximum atomic E-state index is 11.8. The topological polar surface area (TPSA) is 74.8 Å². The number of carbonyl (C=O) groups excluding carboxylic acids is 1. The standard InChI is InChI=1S/C23H30N4O2/c1-23(2)15-19(18-10-5-6-11-20(18)29-23)27-22(25-4)26-13-12-16-8-7-9-17(14-16)21(28)24-3/h5-11,14,19H,12-13,15H2,1-4H3,(H,24,28)(H2,25,26,27). The summed E-state index contributed by atoms with van der Waals surface area (Å²) < 4.78 is 6.11. The van der Waals surface area contributed by atoms with Gasteiger partial charge in [-0.3, -0.25) is 9.79 Å². The van der Waals surface area contributed by atoms with Crippen LogP contribution in [0.2, 0.25) is 0 Å². The molecule has 0 aromatic heterocycles. The molecule has 6 heteroatoms. The molecule has 29 heavy (non-hydrogen) atoms. The fraction of sp³-hybridized carbons (Fsp3) is 0.391. The summed E-state index contributed by atoms with van der Waals surface area (Å²) in [4.78, 5) is 16.2. The Labute approximate surface area is 172 Å². The number of benzene rings is 2. The van der Waals surface area contributed by atoms with E-state index in [9.17, 15) is 4.79 Å². The second-order valence-corrected chi connectivity index (χ2v) is 7.83. The Hall–Kier alpha value is -3.02. The highest BCUT2D eigenvalue weighted by Crippen LogP contribution is 2.39. The van der Waals surface area contributed by atoms with Gasteiger partial charge in [0.25, 0.3) is 5.91 Å². The van der Waals surface area contributed by atoms with Crippen molar-refractivity contribution in [3.63, 3.8) is 0 Å². The predicted molar refractivity (Wildman–Crippen MR) is 117 cm³/mol. The van der Waals surface area contributed by atoms with E-state index in [4.69, 9.17) is 4.74 Å². The number of amides is 1. The molecular formula is C23H30N4O2. The molecule has 3 rings (SSSR count). The molecule has 0 radical (unpaired) electrons. The van der Waals surface area contributed by atoms with Crippen LogP contribution < -0.4 is 20.7 Å². The molecule has 1 amide bonds. The number of guanidine groups is 1. The number of aliphatic imine (C=N–C) groups is 1. The smallest absolute Gasteiger partial charge is 0.251 e. The fourth-order valence-electron chi connectivity index (χ4n) is 3.63. The van der Waals surface area contributed by atoms with E-state index in [1.807, 2.05) is 42.5 Å². The number of para-hydroxylation sites is 1. The normalized spacial score (nSPS) is 17.7. The van der Waals surface area contributed by atoms with Crippen molar-refractivity contribution in [2.75, 3.05) is 20.6 Å². The number of carbonyl (C=O) groups is 1. The fourth-order valence-corrected chi connectivity index (χ4v) is 3.63. The van der Waals surface area contributed by atoms with E-state index in [-0.39, 0.29) is 17.6 Å². The van der Waals surface area contributed by atoms with Crippen molar-refractivity contribution in [3.8, 4) is 5.75 Å². The van der Waals surface area contributed by atoms with Crippen LogP contribution in [0, 0.1) is 0 Å². The van der Waals surface area contributed by atoms with Gasteiger partial charge in [0.1, 0.15) is 11.4 Å². The van der Waals surface area contributed by atoms with Gasteiger partial charge in [-0.2, -0.15) is 0 Å². The Balaban J connectivity index is 1.61. The highest BCUT2D eigenvalue weighted by atomic mass is 16.5. The molecule has 1 unspecified atom stereocenters. The van der Waals surface area contributed by atoms with Crippen LogP contribution in [-0.2, 0) is 6.42 Å². The Morgan fingerprint density at radius 3 is 2.76 bits per heavy atom. The van der Waals surface area contributed by atoms with Crippen LogP contribution in [0.4, 0.5) is 0 Å². The van der Waals surface area contributed by atoms with E-state index in [0.29, 0.717) is 12.1 Å². The van der Waals surface area contributed by atoms with Gasteiger partial charge in [0.2, 0.25) is 0 Å². The van der Waals surface area contributed by atoms with Crippen LogP contribution >= 0.6 is 0 Å². The van der Waals surface area contributed by atoms with Crippen molar-refractivity contribution >= 4 is 11.9 Å². The van der Waals surface area contributed by atoms with Crippen LogP contribution in [0.5, 0.6) is 5.75 Å². The third-order valence-electron chi connectivity index (χ3n) is 5.03. The summed E-state index contributed by atoms with van der Waals surface area (Å²) in [5, 5.41) is 9.58. The molecule has 1 heterocycles. The van der Waals surface area contributed by atoms with E-state index in [1.54, 1.807) is 14.1 Å². The Kier molecular flexibility index (Phi) is 6.42. The molecule has 0 saturated carbocycles. The van der Waals surface area contributed by atoms with Crippen molar-refractivity contribution in [2.24, 2.45) is 4.99 Å². The molecule has 0 aliphatic carbocycles. The van der Waals surface area contributed by atoms with Gasteiger partial charge >= 0.3 is 0 Å². The minimum absolute atomic E-state index is 0.0712. The molecule has 0 bridgehead atoms. The average Bonchev–Trinajstić information content (AvgIpc) is 2.71. The zero-order chi connectivity index (χ0) is 20.9. The average molecular weight is 395 g/mol. The van der Waals surface area contributed by atoms with Gasteiger partial charge in [-0.25, -0.2) is 0 Å². The van der Waals surface area contributed by atoms with E-state index in [1.165, 1.54) is 0 Å². The zero-order valence-electron chi connectivity index (χ0n) is 17.6. The molecule has 0 fully saturated rings. The van der Waals surface area contributed by atoms with E-state index in [0.717, 1.165) is 35.7 Å². The summed E-state index contributed by atoms with van der Waals surface area (Å²) in [6.45, 7) is 4.92. The van der Waals surface area contributed by atoms with E-state index >= 15 is 0 Å². The summed E-state index contributed by atoms with van der Waals surface area (Å²) in [6.07, 6.45) is 1.64. The lowest BCUT2D eigenvalue weighted by Crippen LogP contribution is -2.45. The van der Waals surface area contributed by atoms with Gasteiger partial charge in [0.15, 0.2) is 5.96 Å². The summed E-state index contributed by atoms with van der Waals surface area (Å²) in [5.41, 5.74) is 2.68. The summed E-state index contributed by atoms with van der Waals surface area (Å²) in [7, 11) is 3.42. The van der Waals surface area contributed by atoms with E-state index < -0.39 is 0 Å². The molecule has 2 aromatic carbocycles. The van der Waals surface area contributed by atoms with E-state index in [2.05, 4.69) is 40.9 Å². The highest BCUT2D eigenvalue weighted by Gasteiger charge is 2.33. The second kappa shape index (κ2) is 8.99. The van der Waals surface area contributed by atoms with Crippen LogP contribution in [0.1, 0.15) is 47.8 Å². The summed E-state index contributed by atoms with van der Waals surface area (Å²) in [6, 6.07) is 15.9. The number of nitrogens with zero attached hydrogens (tertiary/aromatic N) is 1. The Bertz CT molecular complexity index is 892. The monoisotopic (exact) mass is 394 g/mol. The first-order valence-corrected chi connectivity index (χ1v) is 9.98. The Morgan fingerprint density at radius 1 is 1.21 bits per heavy atom. The van der Waals surface area contributed by atoms with Gasteiger partial charge in [-0.1, -0.05) is 30.3 Å². The molecule has 1 aliphatic rings. The van der Waals surface area contributed by atoms with Crippen LogP contribution in [0.25, 0.3) is 0 Å². The third kappa shape index (κ3) is 5.28. The largest absolute Gasteiger partial charge is 0.487 e. The first kappa shape index (κ1) is 20.7. The van der Waals surface area contributed by atoms with Gasteiger partial charge < -0.3 is 20.7 Å². The first-order chi connectivity index (χ1) is 13.9. The molecule has 2 aromatic rings. The number of fused-ring (bicyclic) bond motifs is 1. The summed E-state index contributed by atoms with van der Waals surface area (Å²) >= 11 is 0. The Morgan fingerprint density at radius 2 is 2.00 bits per heavy atom. The minimum Gasteiger partial charge on any atom is -0.487 e. The lowest BCUT2D eigenvalue weighted by molar-refractivity contribution is 0.0694. The van der Waals surface area contributed by atoms with Crippen molar-refractivity contribution in [3.05, 3.63) is 65.2 Å². The molecule has 6 nitrogen and oxygen atoms in total. The quantitative estimate of drug-likeness (QED) is 0.538. The van der Waals surface area contributed by atoms with Crippen molar-refractivity contribution in [1.29, 1.82) is 0 Å². The summed E-state index contributed by atoms with van der Waals surface area (Å²) in [5.74, 6) is 1.60. The number of hydrogen-bond donors (Lipinski definition) is 3. The molecule has 1 atom stereocenters. The zero-order valence-corrected chi connectivity index (χ0v) is 17.6. The number of nitrogens with one attached hydrogen (secondary N) is 3. The molecular weight excluding hydrogens is 364 g/mol. The second-order valence-electron chi connectivity index (χ2n) is 7.83.